The molecule has 1 saturated heterocycles. The maximum Gasteiger partial charge on any atom is 0.315 e. The van der Waals surface area contributed by atoms with Gasteiger partial charge in [-0.05, 0) is 38.8 Å². The van der Waals surface area contributed by atoms with E-state index >= 15 is 0 Å². The van der Waals surface area contributed by atoms with Crippen molar-refractivity contribution in [3.8, 4) is 0 Å². The van der Waals surface area contributed by atoms with Crippen LogP contribution in [-0.2, 0) is 0 Å². The summed E-state index contributed by atoms with van der Waals surface area (Å²) >= 11 is 0. The summed E-state index contributed by atoms with van der Waals surface area (Å²) < 4.78 is 0. The first-order chi connectivity index (χ1) is 6.34. The average Bonchev–Trinajstić information content (AvgIpc) is 2.90. The standard InChI is InChI=1S/C9H17N3O/c13-9(11-7-1-2-7)12-8-3-5-10-6-4-8/h7-8,10H,1-6H2,(H2,11,12,13). The van der Waals surface area contributed by atoms with E-state index < -0.39 is 0 Å². The van der Waals surface area contributed by atoms with Gasteiger partial charge in [-0.2, -0.15) is 0 Å². The number of carbonyl (C=O) groups excluding carboxylic acids is 1. The fraction of sp³-hybridized carbons (Fsp3) is 0.889. The molecule has 0 atom stereocenters. The topological polar surface area (TPSA) is 53.2 Å². The maximum atomic E-state index is 11.3. The maximum absolute atomic E-state index is 11.3. The van der Waals surface area contributed by atoms with E-state index in [1.165, 1.54) is 0 Å². The van der Waals surface area contributed by atoms with Gasteiger partial charge in [0.05, 0.1) is 0 Å². The first-order valence-electron chi connectivity index (χ1n) is 5.12. The molecule has 4 nitrogen and oxygen atoms in total. The summed E-state index contributed by atoms with van der Waals surface area (Å²) in [6.45, 7) is 2.04. The molecule has 3 N–H and O–H groups in total. The summed E-state index contributed by atoms with van der Waals surface area (Å²) in [5, 5.41) is 9.20. The highest BCUT2D eigenvalue weighted by Gasteiger charge is 2.24. The molecule has 13 heavy (non-hydrogen) atoms. The van der Waals surface area contributed by atoms with Crippen molar-refractivity contribution in [1.29, 1.82) is 0 Å². The van der Waals surface area contributed by atoms with Crippen LogP contribution in [-0.4, -0.2) is 31.2 Å². The number of urea groups is 1. The molecule has 0 bridgehead atoms. The fourth-order valence-corrected chi connectivity index (χ4v) is 1.61. The van der Waals surface area contributed by atoms with E-state index in [2.05, 4.69) is 16.0 Å². The molecule has 0 spiro atoms. The van der Waals surface area contributed by atoms with Crippen LogP contribution in [0.5, 0.6) is 0 Å². The van der Waals surface area contributed by atoms with Crippen molar-refractivity contribution in [2.75, 3.05) is 13.1 Å². The minimum absolute atomic E-state index is 0.0226. The molecule has 1 aliphatic carbocycles. The highest BCUT2D eigenvalue weighted by atomic mass is 16.2. The molecule has 74 valence electrons. The smallest absolute Gasteiger partial charge is 0.315 e. The lowest BCUT2D eigenvalue weighted by Crippen LogP contribution is -2.47. The van der Waals surface area contributed by atoms with Crippen molar-refractivity contribution in [3.05, 3.63) is 0 Å². The number of rotatable bonds is 2. The van der Waals surface area contributed by atoms with Crippen molar-refractivity contribution in [2.24, 2.45) is 0 Å². The Morgan fingerprint density at radius 2 is 1.54 bits per heavy atom. The van der Waals surface area contributed by atoms with E-state index in [0.717, 1.165) is 38.8 Å². The van der Waals surface area contributed by atoms with Crippen LogP contribution < -0.4 is 16.0 Å². The molecule has 0 radical (unpaired) electrons. The molecule has 2 fully saturated rings. The highest BCUT2D eigenvalue weighted by Crippen LogP contribution is 2.18. The van der Waals surface area contributed by atoms with Crippen LogP contribution >= 0.6 is 0 Å². The Morgan fingerprint density at radius 3 is 2.08 bits per heavy atom. The zero-order valence-electron chi connectivity index (χ0n) is 7.81. The Hall–Kier alpha value is -0.770. The van der Waals surface area contributed by atoms with Crippen LogP contribution in [0.25, 0.3) is 0 Å². The molecule has 0 aromatic carbocycles. The molecule has 1 heterocycles. The van der Waals surface area contributed by atoms with Crippen molar-refractivity contribution in [3.63, 3.8) is 0 Å². The van der Waals surface area contributed by atoms with Crippen LogP contribution in [0.1, 0.15) is 25.7 Å². The molecule has 2 aliphatic rings. The third kappa shape index (κ3) is 2.88. The van der Waals surface area contributed by atoms with E-state index in [0.29, 0.717) is 12.1 Å². The van der Waals surface area contributed by atoms with E-state index in [1.54, 1.807) is 0 Å². The van der Waals surface area contributed by atoms with Gasteiger partial charge in [0.2, 0.25) is 0 Å². The first-order valence-corrected chi connectivity index (χ1v) is 5.12. The Balaban J connectivity index is 1.66. The molecule has 0 unspecified atom stereocenters. The van der Waals surface area contributed by atoms with Gasteiger partial charge in [-0.1, -0.05) is 0 Å². The molecule has 0 aromatic heterocycles. The van der Waals surface area contributed by atoms with Crippen molar-refractivity contribution in [2.45, 2.75) is 37.8 Å². The average molecular weight is 183 g/mol. The summed E-state index contributed by atoms with van der Waals surface area (Å²) in [5.41, 5.74) is 0. The summed E-state index contributed by atoms with van der Waals surface area (Å²) in [7, 11) is 0. The molecule has 4 heteroatoms. The second-order valence-electron chi connectivity index (χ2n) is 3.92. The number of carbonyl (C=O) groups is 1. The fourth-order valence-electron chi connectivity index (χ4n) is 1.61. The van der Waals surface area contributed by atoms with Crippen molar-refractivity contribution in [1.82, 2.24) is 16.0 Å². The Morgan fingerprint density at radius 1 is 1.00 bits per heavy atom. The van der Waals surface area contributed by atoms with Crippen LogP contribution in [0.15, 0.2) is 0 Å². The lowest BCUT2D eigenvalue weighted by atomic mass is 10.1. The van der Waals surface area contributed by atoms with E-state index in [-0.39, 0.29) is 6.03 Å². The quantitative estimate of drug-likeness (QED) is 0.573. The summed E-state index contributed by atoms with van der Waals surface area (Å²) in [6.07, 6.45) is 4.41. The molecule has 2 rings (SSSR count). The largest absolute Gasteiger partial charge is 0.335 e. The molecular weight excluding hydrogens is 166 g/mol. The van der Waals surface area contributed by atoms with Crippen LogP contribution in [0, 0.1) is 0 Å². The predicted octanol–water partition coefficient (Wildman–Crippen LogP) is 0.200. The van der Waals surface area contributed by atoms with E-state index in [9.17, 15) is 4.79 Å². The molecule has 1 aliphatic heterocycles. The lowest BCUT2D eigenvalue weighted by Gasteiger charge is -2.23. The monoisotopic (exact) mass is 183 g/mol. The lowest BCUT2D eigenvalue weighted by molar-refractivity contribution is 0.233. The van der Waals surface area contributed by atoms with E-state index in [4.69, 9.17) is 0 Å². The molecular formula is C9H17N3O. The third-order valence-electron chi connectivity index (χ3n) is 2.59. The molecule has 0 aromatic rings. The Kier molecular flexibility index (Phi) is 2.68. The predicted molar refractivity (Wildman–Crippen MR) is 50.6 cm³/mol. The second kappa shape index (κ2) is 3.96. The summed E-state index contributed by atoms with van der Waals surface area (Å²) in [6, 6.07) is 0.858. The minimum Gasteiger partial charge on any atom is -0.335 e. The highest BCUT2D eigenvalue weighted by molar-refractivity contribution is 5.74. The van der Waals surface area contributed by atoms with Gasteiger partial charge in [0.25, 0.3) is 0 Å². The molecule has 1 saturated carbocycles. The van der Waals surface area contributed by atoms with Crippen LogP contribution in [0.3, 0.4) is 0 Å². The van der Waals surface area contributed by atoms with Gasteiger partial charge < -0.3 is 16.0 Å². The number of amides is 2. The normalized spacial score (nSPS) is 24.0. The van der Waals surface area contributed by atoms with Gasteiger partial charge in [0, 0.05) is 12.1 Å². The van der Waals surface area contributed by atoms with Crippen molar-refractivity contribution < 1.29 is 4.79 Å². The van der Waals surface area contributed by atoms with Crippen molar-refractivity contribution >= 4 is 6.03 Å². The number of hydrogen-bond donors (Lipinski definition) is 3. The van der Waals surface area contributed by atoms with Gasteiger partial charge in [0.15, 0.2) is 0 Å². The first kappa shape index (κ1) is 8.81. The number of piperidine rings is 1. The van der Waals surface area contributed by atoms with Crippen LogP contribution in [0.2, 0.25) is 0 Å². The Bertz CT molecular complexity index is 185. The zero-order chi connectivity index (χ0) is 9.10. The van der Waals surface area contributed by atoms with Gasteiger partial charge >= 0.3 is 6.03 Å². The Labute approximate surface area is 78.5 Å². The number of hydrogen-bond acceptors (Lipinski definition) is 2. The SMILES string of the molecule is O=C(NC1CCNCC1)NC1CC1. The second-order valence-corrected chi connectivity index (χ2v) is 3.92. The van der Waals surface area contributed by atoms with Gasteiger partial charge in [0.1, 0.15) is 0 Å². The van der Waals surface area contributed by atoms with Crippen LogP contribution in [0.4, 0.5) is 4.79 Å². The zero-order valence-corrected chi connectivity index (χ0v) is 7.81. The number of nitrogens with one attached hydrogen (secondary N) is 3. The van der Waals surface area contributed by atoms with Gasteiger partial charge in [-0.3, -0.25) is 0 Å². The molecule has 2 amide bonds. The van der Waals surface area contributed by atoms with E-state index in [1.807, 2.05) is 0 Å². The summed E-state index contributed by atoms with van der Waals surface area (Å²) in [4.78, 5) is 11.3. The minimum atomic E-state index is 0.0226. The summed E-state index contributed by atoms with van der Waals surface area (Å²) in [5.74, 6) is 0. The van der Waals surface area contributed by atoms with Gasteiger partial charge in [-0.25, -0.2) is 4.79 Å². The van der Waals surface area contributed by atoms with Gasteiger partial charge in [-0.15, -0.1) is 0 Å². The third-order valence-corrected chi connectivity index (χ3v) is 2.59.